The standard InChI is InChI=1S/C20H26O6/c1-6-10(2)19(23)25-16-7-11(3)14(21)9-15(22)12(4)8-17-18(16)13(5)20(24)26-17/h6,8,14-18,21-22H,3,5,7,9H2,1-2,4H3/b10-6-,12-8-/t14-,15+,16-,17-,18+/m0/s1. The highest BCUT2D eigenvalue weighted by Gasteiger charge is 2.45. The third-order valence-electron chi connectivity index (χ3n) is 5.01. The van der Waals surface area contributed by atoms with Crippen LogP contribution in [0.3, 0.4) is 0 Å². The van der Waals surface area contributed by atoms with Gasteiger partial charge in [-0.05, 0) is 38.0 Å². The van der Waals surface area contributed by atoms with Crippen molar-refractivity contribution in [2.24, 2.45) is 5.92 Å². The molecule has 1 aliphatic carbocycles. The van der Waals surface area contributed by atoms with Gasteiger partial charge in [0.2, 0.25) is 0 Å². The van der Waals surface area contributed by atoms with Gasteiger partial charge in [0.05, 0.1) is 18.1 Å². The van der Waals surface area contributed by atoms with Gasteiger partial charge in [0.1, 0.15) is 12.2 Å². The van der Waals surface area contributed by atoms with Crippen LogP contribution in [-0.2, 0) is 19.1 Å². The van der Waals surface area contributed by atoms with Crippen molar-refractivity contribution in [1.29, 1.82) is 0 Å². The lowest BCUT2D eigenvalue weighted by molar-refractivity contribution is -0.147. The van der Waals surface area contributed by atoms with E-state index in [4.69, 9.17) is 9.47 Å². The Labute approximate surface area is 153 Å². The lowest BCUT2D eigenvalue weighted by atomic mass is 9.83. The molecule has 0 aromatic carbocycles. The first-order valence-corrected chi connectivity index (χ1v) is 8.61. The molecule has 6 nitrogen and oxygen atoms in total. The number of esters is 2. The topological polar surface area (TPSA) is 93.1 Å². The Morgan fingerprint density at radius 1 is 1.35 bits per heavy atom. The van der Waals surface area contributed by atoms with Crippen LogP contribution in [-0.4, -0.2) is 46.6 Å². The van der Waals surface area contributed by atoms with Gasteiger partial charge < -0.3 is 19.7 Å². The molecular formula is C20H26O6. The van der Waals surface area contributed by atoms with E-state index in [0.29, 0.717) is 16.7 Å². The fraction of sp³-hybridized carbons (Fsp3) is 0.500. The Bertz CT molecular complexity index is 686. The monoisotopic (exact) mass is 362 g/mol. The molecule has 2 N–H and O–H groups in total. The molecule has 6 heteroatoms. The molecule has 0 saturated carbocycles. The number of allylic oxidation sites excluding steroid dienone is 1. The summed E-state index contributed by atoms with van der Waals surface area (Å²) < 4.78 is 11.0. The summed E-state index contributed by atoms with van der Waals surface area (Å²) in [5.74, 6) is -1.68. The van der Waals surface area contributed by atoms with E-state index in [0.717, 1.165) is 0 Å². The molecule has 0 bridgehead atoms. The average Bonchev–Trinajstić information content (AvgIpc) is 2.86. The second-order valence-electron chi connectivity index (χ2n) is 6.88. The van der Waals surface area contributed by atoms with Crippen LogP contribution in [0, 0.1) is 5.92 Å². The minimum absolute atomic E-state index is 0.0714. The molecule has 26 heavy (non-hydrogen) atoms. The zero-order valence-electron chi connectivity index (χ0n) is 15.4. The lowest BCUT2D eigenvalue weighted by Gasteiger charge is -2.30. The summed E-state index contributed by atoms with van der Waals surface area (Å²) in [7, 11) is 0. The smallest absolute Gasteiger partial charge is 0.334 e. The molecule has 1 saturated heterocycles. The van der Waals surface area contributed by atoms with Gasteiger partial charge in [-0.1, -0.05) is 19.2 Å². The molecule has 0 aromatic rings. The molecule has 142 valence electrons. The predicted molar refractivity (Wildman–Crippen MR) is 96.0 cm³/mol. The first-order chi connectivity index (χ1) is 12.1. The van der Waals surface area contributed by atoms with Crippen LogP contribution in [0.2, 0.25) is 0 Å². The molecule has 1 aliphatic heterocycles. The largest absolute Gasteiger partial charge is 0.458 e. The van der Waals surface area contributed by atoms with Crippen molar-refractivity contribution in [1.82, 2.24) is 0 Å². The number of aliphatic hydroxyl groups is 2. The Balaban J connectivity index is 2.45. The van der Waals surface area contributed by atoms with E-state index in [2.05, 4.69) is 13.2 Å². The van der Waals surface area contributed by atoms with Crippen molar-refractivity contribution >= 4 is 11.9 Å². The van der Waals surface area contributed by atoms with Gasteiger partial charge in [0.15, 0.2) is 0 Å². The van der Waals surface area contributed by atoms with Crippen LogP contribution < -0.4 is 0 Å². The number of carbonyl (C=O) groups is 2. The first kappa shape index (κ1) is 20.1. The molecule has 0 radical (unpaired) electrons. The fourth-order valence-electron chi connectivity index (χ4n) is 3.10. The van der Waals surface area contributed by atoms with Crippen LogP contribution >= 0.6 is 0 Å². The maximum Gasteiger partial charge on any atom is 0.334 e. The summed E-state index contributed by atoms with van der Waals surface area (Å²) in [5, 5.41) is 20.5. The highest BCUT2D eigenvalue weighted by Crippen LogP contribution is 2.37. The third kappa shape index (κ3) is 4.14. The van der Waals surface area contributed by atoms with E-state index >= 15 is 0 Å². The van der Waals surface area contributed by atoms with Gasteiger partial charge in [-0.25, -0.2) is 9.59 Å². The predicted octanol–water partition coefficient (Wildman–Crippen LogP) is 1.98. The summed E-state index contributed by atoms with van der Waals surface area (Å²) in [4.78, 5) is 24.3. The summed E-state index contributed by atoms with van der Waals surface area (Å²) >= 11 is 0. The second-order valence-corrected chi connectivity index (χ2v) is 6.88. The number of carbonyl (C=O) groups excluding carboxylic acids is 2. The van der Waals surface area contributed by atoms with E-state index in [-0.39, 0.29) is 18.4 Å². The van der Waals surface area contributed by atoms with Crippen LogP contribution in [0.4, 0.5) is 0 Å². The normalized spacial score (nSPS) is 35.3. The Morgan fingerprint density at radius 3 is 2.62 bits per heavy atom. The highest BCUT2D eigenvalue weighted by molar-refractivity contribution is 5.92. The van der Waals surface area contributed by atoms with Gasteiger partial charge in [0.25, 0.3) is 0 Å². The van der Waals surface area contributed by atoms with Gasteiger partial charge in [0, 0.05) is 24.0 Å². The molecule has 1 fully saturated rings. The van der Waals surface area contributed by atoms with E-state index in [1.807, 2.05) is 0 Å². The SMILES string of the molecule is C=C1C(=O)O[C@H]2/C=C(/C)[C@H](O)C[C@H](O)C(=C)C[C@H](OC(=O)/C(C)=C\C)[C@@H]12. The molecule has 0 unspecified atom stereocenters. The van der Waals surface area contributed by atoms with Crippen molar-refractivity contribution in [3.63, 3.8) is 0 Å². The summed E-state index contributed by atoms with van der Waals surface area (Å²) in [6.45, 7) is 12.7. The van der Waals surface area contributed by atoms with Crippen molar-refractivity contribution in [2.45, 2.75) is 58.0 Å². The molecule has 0 spiro atoms. The third-order valence-corrected chi connectivity index (χ3v) is 5.01. The molecule has 2 rings (SSSR count). The molecule has 0 aromatic heterocycles. The molecule has 2 aliphatic rings. The van der Waals surface area contributed by atoms with Crippen molar-refractivity contribution in [2.75, 3.05) is 0 Å². The molecule has 0 amide bonds. The van der Waals surface area contributed by atoms with Gasteiger partial charge in [-0.15, -0.1) is 0 Å². The summed E-state index contributed by atoms with van der Waals surface area (Å²) in [6, 6.07) is 0. The quantitative estimate of drug-likeness (QED) is 0.443. The van der Waals surface area contributed by atoms with E-state index < -0.39 is 42.3 Å². The van der Waals surface area contributed by atoms with Crippen molar-refractivity contribution in [3.8, 4) is 0 Å². The summed E-state index contributed by atoms with van der Waals surface area (Å²) in [5.41, 5.74) is 1.61. The first-order valence-electron chi connectivity index (χ1n) is 8.61. The highest BCUT2D eigenvalue weighted by atomic mass is 16.6. The number of aliphatic hydroxyl groups excluding tert-OH is 2. The maximum absolute atomic E-state index is 12.3. The zero-order valence-corrected chi connectivity index (χ0v) is 15.4. The minimum Gasteiger partial charge on any atom is -0.458 e. The fourth-order valence-corrected chi connectivity index (χ4v) is 3.10. The Kier molecular flexibility index (Phi) is 6.21. The number of fused-ring (bicyclic) bond motifs is 1. The van der Waals surface area contributed by atoms with Gasteiger partial charge >= 0.3 is 11.9 Å². The number of rotatable bonds is 2. The van der Waals surface area contributed by atoms with Crippen LogP contribution in [0.25, 0.3) is 0 Å². The van der Waals surface area contributed by atoms with Crippen molar-refractivity contribution in [3.05, 3.63) is 47.6 Å². The van der Waals surface area contributed by atoms with Crippen LogP contribution in [0.5, 0.6) is 0 Å². The number of ether oxygens (including phenoxy) is 2. The molecule has 1 heterocycles. The number of hydrogen-bond acceptors (Lipinski definition) is 6. The minimum atomic E-state index is -0.958. The Morgan fingerprint density at radius 2 is 2.00 bits per heavy atom. The lowest BCUT2D eigenvalue weighted by Crippen LogP contribution is -2.36. The molecule has 5 atom stereocenters. The van der Waals surface area contributed by atoms with E-state index in [9.17, 15) is 19.8 Å². The average molecular weight is 362 g/mol. The van der Waals surface area contributed by atoms with E-state index in [1.54, 1.807) is 32.9 Å². The van der Waals surface area contributed by atoms with Gasteiger partial charge in [-0.2, -0.15) is 0 Å². The van der Waals surface area contributed by atoms with E-state index in [1.165, 1.54) is 0 Å². The number of hydrogen-bond donors (Lipinski definition) is 2. The van der Waals surface area contributed by atoms with Gasteiger partial charge in [-0.3, -0.25) is 0 Å². The summed E-state index contributed by atoms with van der Waals surface area (Å²) in [6.07, 6.45) is 0.173. The van der Waals surface area contributed by atoms with Crippen LogP contribution in [0.15, 0.2) is 47.6 Å². The maximum atomic E-state index is 12.3. The Hall–Kier alpha value is -2.18. The van der Waals surface area contributed by atoms with Crippen molar-refractivity contribution < 1.29 is 29.3 Å². The zero-order chi connectivity index (χ0) is 19.6. The van der Waals surface area contributed by atoms with Crippen LogP contribution in [0.1, 0.15) is 33.6 Å². The second kappa shape index (κ2) is 8.01. The molecular weight excluding hydrogens is 336 g/mol.